The summed E-state index contributed by atoms with van der Waals surface area (Å²) in [6.07, 6.45) is 2.09. The molecule has 1 radical (unpaired) electrons. The molecule has 0 unspecified atom stereocenters. The van der Waals surface area contributed by atoms with E-state index < -0.39 is 0 Å². The van der Waals surface area contributed by atoms with Crippen molar-refractivity contribution in [1.29, 1.82) is 5.41 Å². The Morgan fingerprint density at radius 1 is 1.71 bits per heavy atom. The van der Waals surface area contributed by atoms with Gasteiger partial charge in [0.1, 0.15) is 0 Å². The quantitative estimate of drug-likeness (QED) is 0.196. The topological polar surface area (TPSA) is 39.1 Å². The van der Waals surface area contributed by atoms with Gasteiger partial charge in [-0.2, -0.15) is 0 Å². The number of nitrogens with zero attached hydrogens (tertiary/aromatic N) is 1. The van der Waals surface area contributed by atoms with Gasteiger partial charge in [-0.1, -0.05) is 0 Å². The van der Waals surface area contributed by atoms with E-state index in [-0.39, 0.29) is 32.7 Å². The summed E-state index contributed by atoms with van der Waals surface area (Å²) < 4.78 is 0. The zero-order chi connectivity index (χ0) is 4.99. The van der Waals surface area contributed by atoms with Crippen molar-refractivity contribution in [1.82, 2.24) is 10.4 Å². The maximum atomic E-state index is 6.42. The molecule has 7 heavy (non-hydrogen) atoms. The van der Waals surface area contributed by atoms with E-state index in [1.165, 1.54) is 5.01 Å². The third kappa shape index (κ3) is 6.53. The van der Waals surface area contributed by atoms with Crippen molar-refractivity contribution in [2.75, 3.05) is 14.1 Å². The Morgan fingerprint density at radius 3 is 2.14 bits per heavy atom. The summed E-state index contributed by atoms with van der Waals surface area (Å²) in [6.45, 7) is 0. The second kappa shape index (κ2) is 6.53. The Hall–Kier alpha value is 0.534. The molecule has 0 atom stereocenters. The van der Waals surface area contributed by atoms with Gasteiger partial charge < -0.3 is 10.4 Å². The smallest absolute Gasteiger partial charge is 0.000664 e. The zero-order valence-electron chi connectivity index (χ0n) is 4.52. The number of hydrogen-bond acceptors (Lipinski definition) is 2. The van der Waals surface area contributed by atoms with Crippen molar-refractivity contribution in [2.24, 2.45) is 0 Å². The SMILES string of the molecule is CNN(C)[C-]=N.[Y]. The predicted molar refractivity (Wildman–Crippen MR) is 24.5 cm³/mol. The molecule has 0 aliphatic heterocycles. The maximum absolute atomic E-state index is 6.42. The standard InChI is InChI=1S/C3H8N3.Y/c1-5-6(2)3-4;/h4-5H,1-2H3;/q-1;. The Kier molecular flexibility index (Phi) is 9.80. The molecule has 0 heterocycles. The first-order valence-corrected chi connectivity index (χ1v) is 1.64. The molecule has 0 amide bonds. The normalized spacial score (nSPS) is 6.57. The molecule has 2 N–H and O–H groups in total. The van der Waals surface area contributed by atoms with Gasteiger partial charge in [0.05, 0.1) is 0 Å². The zero-order valence-corrected chi connectivity index (χ0v) is 7.36. The van der Waals surface area contributed by atoms with Crippen LogP contribution in [0.15, 0.2) is 0 Å². The van der Waals surface area contributed by atoms with Crippen molar-refractivity contribution in [2.45, 2.75) is 0 Å². The Balaban J connectivity index is 0. The molecule has 0 saturated heterocycles. The Labute approximate surface area is 68.8 Å². The molecule has 39 valence electrons. The van der Waals surface area contributed by atoms with Gasteiger partial charge in [0.2, 0.25) is 0 Å². The van der Waals surface area contributed by atoms with E-state index >= 15 is 0 Å². The number of rotatable bonds is 2. The fraction of sp³-hybridized carbons (Fsp3) is 0.667. The number of hydrazine groups is 1. The molecular weight excluding hydrogens is 167 g/mol. The van der Waals surface area contributed by atoms with E-state index in [0.717, 1.165) is 0 Å². The molecule has 3 nitrogen and oxygen atoms in total. The van der Waals surface area contributed by atoms with Crippen LogP contribution in [0.3, 0.4) is 0 Å². The van der Waals surface area contributed by atoms with Crippen LogP contribution >= 0.6 is 0 Å². The van der Waals surface area contributed by atoms with Crippen molar-refractivity contribution in [3.8, 4) is 0 Å². The van der Waals surface area contributed by atoms with Gasteiger partial charge in [0.15, 0.2) is 0 Å². The molecule has 0 aromatic rings. The fourth-order valence-corrected chi connectivity index (χ4v) is 0.0559. The molecule has 0 spiro atoms. The first kappa shape index (κ1) is 10.5. The van der Waals surface area contributed by atoms with Gasteiger partial charge in [-0.3, -0.25) is 11.8 Å². The fourth-order valence-electron chi connectivity index (χ4n) is 0.0559. The molecule has 0 aromatic carbocycles. The van der Waals surface area contributed by atoms with E-state index in [4.69, 9.17) is 5.41 Å². The molecule has 0 aliphatic rings. The van der Waals surface area contributed by atoms with Crippen LogP contribution in [0.1, 0.15) is 0 Å². The van der Waals surface area contributed by atoms with Crippen LogP contribution in [-0.2, 0) is 32.7 Å². The molecule has 0 saturated carbocycles. The van der Waals surface area contributed by atoms with Gasteiger partial charge in [-0.05, 0) is 7.05 Å². The maximum Gasteiger partial charge on any atom is 0.000664 e. The minimum atomic E-state index is 0. The number of nitrogens with one attached hydrogen (secondary N) is 2. The van der Waals surface area contributed by atoms with Crippen molar-refractivity contribution >= 4 is 6.34 Å². The van der Waals surface area contributed by atoms with Crippen LogP contribution in [0.2, 0.25) is 0 Å². The van der Waals surface area contributed by atoms with Crippen LogP contribution in [-0.4, -0.2) is 25.4 Å². The first-order valence-electron chi connectivity index (χ1n) is 1.64. The third-order valence-electron chi connectivity index (χ3n) is 0.503. The molecule has 4 heteroatoms. The van der Waals surface area contributed by atoms with Gasteiger partial charge in [-0.15, -0.1) is 0 Å². The van der Waals surface area contributed by atoms with Gasteiger partial charge in [0.25, 0.3) is 0 Å². The summed E-state index contributed by atoms with van der Waals surface area (Å²) in [5.74, 6) is 0. The van der Waals surface area contributed by atoms with Crippen LogP contribution in [0, 0.1) is 5.41 Å². The Bertz CT molecular complexity index is 47.4. The molecule has 0 bridgehead atoms. The summed E-state index contributed by atoms with van der Waals surface area (Å²) in [7, 11) is 3.43. The molecular formula is C3H8N3Y-. The minimum absolute atomic E-state index is 0. The Morgan fingerprint density at radius 2 is 2.14 bits per heavy atom. The van der Waals surface area contributed by atoms with Crippen molar-refractivity contribution in [3.05, 3.63) is 0 Å². The minimum Gasteiger partial charge on any atom is -0.497 e. The molecule has 0 aliphatic carbocycles. The number of hydrogen-bond donors (Lipinski definition) is 2. The summed E-state index contributed by atoms with van der Waals surface area (Å²) in [5, 5.41) is 7.84. The van der Waals surface area contributed by atoms with Gasteiger partial charge >= 0.3 is 0 Å². The summed E-state index contributed by atoms with van der Waals surface area (Å²) >= 11 is 0. The monoisotopic (exact) mass is 175 g/mol. The van der Waals surface area contributed by atoms with Crippen LogP contribution in [0.5, 0.6) is 0 Å². The van der Waals surface area contributed by atoms with E-state index in [1.54, 1.807) is 14.1 Å². The van der Waals surface area contributed by atoms with E-state index in [0.29, 0.717) is 0 Å². The first-order chi connectivity index (χ1) is 2.81. The average molecular weight is 175 g/mol. The van der Waals surface area contributed by atoms with E-state index in [1.807, 2.05) is 0 Å². The second-order valence-corrected chi connectivity index (χ2v) is 0.894. The second-order valence-electron chi connectivity index (χ2n) is 0.894. The average Bonchev–Trinajstić information content (AvgIpc) is 1.65. The summed E-state index contributed by atoms with van der Waals surface area (Å²) in [6, 6.07) is 0. The predicted octanol–water partition coefficient (Wildman–Crippen LogP) is -0.466. The van der Waals surface area contributed by atoms with Gasteiger partial charge in [0, 0.05) is 39.8 Å². The van der Waals surface area contributed by atoms with Crippen LogP contribution in [0.4, 0.5) is 0 Å². The van der Waals surface area contributed by atoms with Gasteiger partial charge in [-0.25, -0.2) is 0 Å². The molecule has 0 rings (SSSR count). The van der Waals surface area contributed by atoms with Crippen molar-refractivity contribution < 1.29 is 32.7 Å². The van der Waals surface area contributed by atoms with Crippen LogP contribution < -0.4 is 5.43 Å². The molecule has 0 fully saturated rings. The van der Waals surface area contributed by atoms with E-state index in [2.05, 4.69) is 11.8 Å². The summed E-state index contributed by atoms with van der Waals surface area (Å²) in [4.78, 5) is 0. The largest absolute Gasteiger partial charge is 0.497 e. The summed E-state index contributed by atoms with van der Waals surface area (Å²) in [5.41, 5.74) is 2.65. The van der Waals surface area contributed by atoms with E-state index in [9.17, 15) is 0 Å². The van der Waals surface area contributed by atoms with Crippen LogP contribution in [0.25, 0.3) is 0 Å². The van der Waals surface area contributed by atoms with Crippen molar-refractivity contribution in [3.63, 3.8) is 0 Å². The third-order valence-corrected chi connectivity index (χ3v) is 0.503. The molecule has 0 aromatic heterocycles.